The summed E-state index contributed by atoms with van der Waals surface area (Å²) in [6, 6.07) is 0.472. The number of nitrogens with zero attached hydrogens (tertiary/aromatic N) is 3. The normalized spacial score (nSPS) is 24.4. The van der Waals surface area contributed by atoms with Crippen LogP contribution in [0.25, 0.3) is 0 Å². The van der Waals surface area contributed by atoms with E-state index >= 15 is 0 Å². The molecule has 0 spiro atoms. The molecule has 4 heteroatoms. The number of hydrogen-bond donors (Lipinski definition) is 0. The van der Waals surface area contributed by atoms with Crippen molar-refractivity contribution in [3.8, 4) is 0 Å². The van der Waals surface area contributed by atoms with Crippen molar-refractivity contribution in [3.05, 3.63) is 0 Å². The van der Waals surface area contributed by atoms with Crippen LogP contribution in [-0.4, -0.2) is 68.1 Å². The summed E-state index contributed by atoms with van der Waals surface area (Å²) in [6.07, 6.45) is 0. The van der Waals surface area contributed by atoms with Crippen LogP contribution in [0.2, 0.25) is 0 Å². The topological polar surface area (TPSA) is 26.8 Å². The van der Waals surface area contributed by atoms with E-state index in [1.807, 2.05) is 28.2 Å². The van der Waals surface area contributed by atoms with Crippen LogP contribution >= 0.6 is 0 Å². The van der Waals surface area contributed by atoms with E-state index in [0.29, 0.717) is 6.04 Å². The molecule has 1 atom stereocenters. The molecule has 0 saturated carbocycles. The molecule has 12 heavy (non-hydrogen) atoms. The van der Waals surface area contributed by atoms with Crippen LogP contribution in [0.1, 0.15) is 0 Å². The minimum absolute atomic E-state index is 0.127. The Morgan fingerprint density at radius 2 is 2.08 bits per heavy atom. The minimum Gasteiger partial charge on any atom is -0.326 e. The van der Waals surface area contributed by atoms with Gasteiger partial charge < -0.3 is 14.7 Å². The average molecular weight is 171 g/mol. The lowest BCUT2D eigenvalue weighted by molar-refractivity contribution is 0.196. The van der Waals surface area contributed by atoms with E-state index in [2.05, 4.69) is 4.90 Å². The summed E-state index contributed by atoms with van der Waals surface area (Å²) >= 11 is 0. The van der Waals surface area contributed by atoms with Crippen molar-refractivity contribution < 1.29 is 4.79 Å². The molecule has 0 N–H and O–H groups in total. The molecule has 1 aliphatic rings. The number of likely N-dealkylation sites (N-methyl/N-ethyl adjacent to an activating group) is 3. The van der Waals surface area contributed by atoms with Crippen molar-refractivity contribution in [1.82, 2.24) is 14.7 Å². The smallest absolute Gasteiger partial charge is 0.319 e. The molecule has 0 aromatic carbocycles. The van der Waals surface area contributed by atoms with Gasteiger partial charge in [-0.15, -0.1) is 0 Å². The molecule has 4 nitrogen and oxygen atoms in total. The summed E-state index contributed by atoms with van der Waals surface area (Å²) in [5.41, 5.74) is 0. The first-order valence-corrected chi connectivity index (χ1v) is 4.15. The zero-order chi connectivity index (χ0) is 9.30. The first-order chi connectivity index (χ1) is 5.52. The van der Waals surface area contributed by atoms with Gasteiger partial charge in [0, 0.05) is 27.2 Å². The largest absolute Gasteiger partial charge is 0.326 e. The Labute approximate surface area is 73.7 Å². The molecule has 0 bridgehead atoms. The highest BCUT2D eigenvalue weighted by atomic mass is 16.2. The summed E-state index contributed by atoms with van der Waals surface area (Å²) in [5.74, 6) is 0. The van der Waals surface area contributed by atoms with Gasteiger partial charge in [-0.1, -0.05) is 0 Å². The Hall–Kier alpha value is -0.770. The third kappa shape index (κ3) is 1.69. The molecule has 0 unspecified atom stereocenters. The van der Waals surface area contributed by atoms with Crippen molar-refractivity contribution in [1.29, 1.82) is 0 Å². The van der Waals surface area contributed by atoms with Gasteiger partial charge in [0.05, 0.1) is 6.04 Å². The fourth-order valence-electron chi connectivity index (χ4n) is 1.54. The summed E-state index contributed by atoms with van der Waals surface area (Å²) in [6.45, 7) is 1.78. The molecule has 1 aliphatic heterocycles. The fourth-order valence-corrected chi connectivity index (χ4v) is 1.54. The Morgan fingerprint density at radius 1 is 1.50 bits per heavy atom. The summed E-state index contributed by atoms with van der Waals surface area (Å²) in [7, 11) is 7.75. The van der Waals surface area contributed by atoms with Crippen LogP contribution in [0.5, 0.6) is 0 Å². The maximum atomic E-state index is 11.3. The van der Waals surface area contributed by atoms with Gasteiger partial charge in [0.25, 0.3) is 0 Å². The monoisotopic (exact) mass is 171 g/mol. The second-order valence-electron chi connectivity index (χ2n) is 3.69. The van der Waals surface area contributed by atoms with E-state index in [4.69, 9.17) is 0 Å². The van der Waals surface area contributed by atoms with Gasteiger partial charge in [-0.05, 0) is 14.1 Å². The number of amides is 2. The predicted octanol–water partition coefficient (Wildman–Crippen LogP) is -0.0862. The van der Waals surface area contributed by atoms with Gasteiger partial charge in [0.1, 0.15) is 0 Å². The lowest BCUT2D eigenvalue weighted by atomic mass is 10.3. The Bertz CT molecular complexity index is 181. The van der Waals surface area contributed by atoms with E-state index < -0.39 is 0 Å². The summed E-state index contributed by atoms with van der Waals surface area (Å²) in [4.78, 5) is 17.0. The number of carbonyl (C=O) groups excluding carboxylic acids is 1. The zero-order valence-corrected chi connectivity index (χ0v) is 8.24. The van der Waals surface area contributed by atoms with Gasteiger partial charge in [-0.2, -0.15) is 0 Å². The number of urea groups is 1. The second kappa shape index (κ2) is 3.31. The maximum Gasteiger partial charge on any atom is 0.319 e. The van der Waals surface area contributed by atoms with Gasteiger partial charge in [-0.25, -0.2) is 4.79 Å². The first kappa shape index (κ1) is 9.32. The predicted molar refractivity (Wildman–Crippen MR) is 48.1 cm³/mol. The quantitative estimate of drug-likeness (QED) is 0.580. The summed E-state index contributed by atoms with van der Waals surface area (Å²) < 4.78 is 0. The van der Waals surface area contributed by atoms with Crippen molar-refractivity contribution in [2.24, 2.45) is 0 Å². The van der Waals surface area contributed by atoms with Crippen molar-refractivity contribution in [2.75, 3.05) is 41.3 Å². The van der Waals surface area contributed by atoms with E-state index in [9.17, 15) is 4.79 Å². The lowest BCUT2D eigenvalue weighted by Crippen LogP contribution is -2.37. The van der Waals surface area contributed by atoms with Crippen molar-refractivity contribution >= 4 is 6.03 Å². The molecule has 70 valence electrons. The van der Waals surface area contributed by atoms with Gasteiger partial charge in [0.15, 0.2) is 0 Å². The molecular formula is C8H17N3O. The number of rotatable bonds is 2. The van der Waals surface area contributed by atoms with E-state index in [-0.39, 0.29) is 6.03 Å². The molecule has 0 aromatic heterocycles. The third-order valence-electron chi connectivity index (χ3n) is 2.24. The van der Waals surface area contributed by atoms with Crippen LogP contribution < -0.4 is 0 Å². The third-order valence-corrected chi connectivity index (χ3v) is 2.24. The van der Waals surface area contributed by atoms with E-state index in [1.54, 1.807) is 9.80 Å². The Kier molecular flexibility index (Phi) is 2.57. The van der Waals surface area contributed by atoms with Crippen LogP contribution in [0.3, 0.4) is 0 Å². The molecular weight excluding hydrogens is 154 g/mol. The number of carbonyl (C=O) groups is 1. The van der Waals surface area contributed by atoms with Gasteiger partial charge in [0.2, 0.25) is 0 Å². The highest BCUT2D eigenvalue weighted by molar-refractivity contribution is 5.76. The molecule has 0 aromatic rings. The lowest BCUT2D eigenvalue weighted by Gasteiger charge is -2.21. The highest BCUT2D eigenvalue weighted by Crippen LogP contribution is 2.11. The Balaban J connectivity index is 2.53. The second-order valence-corrected chi connectivity index (χ2v) is 3.69. The first-order valence-electron chi connectivity index (χ1n) is 4.15. The molecule has 1 saturated heterocycles. The molecule has 1 fully saturated rings. The van der Waals surface area contributed by atoms with Crippen molar-refractivity contribution in [3.63, 3.8) is 0 Å². The summed E-state index contributed by atoms with van der Waals surface area (Å²) in [5, 5.41) is 0. The molecule has 2 amide bonds. The van der Waals surface area contributed by atoms with Crippen LogP contribution in [0.4, 0.5) is 4.79 Å². The number of hydrogen-bond acceptors (Lipinski definition) is 2. The van der Waals surface area contributed by atoms with Gasteiger partial charge >= 0.3 is 6.03 Å². The fraction of sp³-hybridized carbons (Fsp3) is 0.875. The van der Waals surface area contributed by atoms with Crippen LogP contribution in [0.15, 0.2) is 0 Å². The SMILES string of the molecule is CN(C)C[C@H]1CN(C)C(=O)N1C. The van der Waals surface area contributed by atoms with Crippen molar-refractivity contribution in [2.45, 2.75) is 6.04 Å². The molecule has 0 radical (unpaired) electrons. The zero-order valence-electron chi connectivity index (χ0n) is 8.24. The van der Waals surface area contributed by atoms with Gasteiger partial charge in [-0.3, -0.25) is 0 Å². The highest BCUT2D eigenvalue weighted by Gasteiger charge is 2.31. The molecule has 0 aliphatic carbocycles. The van der Waals surface area contributed by atoms with E-state index in [1.165, 1.54) is 0 Å². The maximum absolute atomic E-state index is 11.3. The molecule has 1 heterocycles. The molecule has 1 rings (SSSR count). The van der Waals surface area contributed by atoms with E-state index in [0.717, 1.165) is 13.1 Å². The standard InChI is InChI=1S/C8H17N3O/c1-9(2)5-7-6-10(3)8(12)11(7)4/h7H,5-6H2,1-4H3/t7-/m0/s1. The Morgan fingerprint density at radius 3 is 2.42 bits per heavy atom. The van der Waals surface area contributed by atoms with Crippen LogP contribution in [0, 0.1) is 0 Å². The average Bonchev–Trinajstić information content (AvgIpc) is 2.17. The minimum atomic E-state index is 0.127. The van der Waals surface area contributed by atoms with Crippen LogP contribution in [-0.2, 0) is 0 Å².